The highest BCUT2D eigenvalue weighted by Gasteiger charge is 2.26. The van der Waals surface area contributed by atoms with Gasteiger partial charge in [0.2, 0.25) is 5.91 Å². The van der Waals surface area contributed by atoms with Crippen molar-refractivity contribution >= 4 is 17.2 Å². The maximum absolute atomic E-state index is 12.0. The summed E-state index contributed by atoms with van der Waals surface area (Å²) in [5.74, 6) is 0.633. The van der Waals surface area contributed by atoms with Crippen molar-refractivity contribution in [1.82, 2.24) is 10.2 Å². The molecule has 1 fully saturated rings. The third-order valence-electron chi connectivity index (χ3n) is 3.77. The number of hydrogen-bond acceptors (Lipinski definition) is 4. The minimum atomic E-state index is 0.0966. The minimum Gasteiger partial charge on any atom is -0.348 e. The van der Waals surface area contributed by atoms with Gasteiger partial charge in [0.25, 0.3) is 0 Å². The van der Waals surface area contributed by atoms with Crippen molar-refractivity contribution in [2.75, 3.05) is 19.6 Å². The van der Waals surface area contributed by atoms with Gasteiger partial charge in [0, 0.05) is 17.5 Å². The average molecular weight is 281 g/mol. The maximum Gasteiger partial charge on any atom is 0.234 e. The van der Waals surface area contributed by atoms with Crippen LogP contribution in [0.25, 0.3) is 0 Å². The highest BCUT2D eigenvalue weighted by Crippen LogP contribution is 2.19. The molecule has 1 aromatic rings. The Morgan fingerprint density at radius 1 is 1.63 bits per heavy atom. The van der Waals surface area contributed by atoms with Crippen molar-refractivity contribution < 1.29 is 4.79 Å². The van der Waals surface area contributed by atoms with Crippen LogP contribution in [-0.2, 0) is 4.79 Å². The Labute approximate surface area is 119 Å². The van der Waals surface area contributed by atoms with Crippen LogP contribution in [0.2, 0.25) is 0 Å². The summed E-state index contributed by atoms with van der Waals surface area (Å²) in [6.45, 7) is 6.48. The van der Waals surface area contributed by atoms with E-state index < -0.39 is 0 Å². The van der Waals surface area contributed by atoms with E-state index in [0.29, 0.717) is 12.5 Å². The van der Waals surface area contributed by atoms with Crippen LogP contribution in [0.3, 0.4) is 0 Å². The number of hydrogen-bond donors (Lipinski definition) is 2. The topological polar surface area (TPSA) is 58.4 Å². The molecule has 5 heteroatoms. The zero-order chi connectivity index (χ0) is 13.8. The van der Waals surface area contributed by atoms with Gasteiger partial charge in [-0.05, 0) is 44.2 Å². The summed E-state index contributed by atoms with van der Waals surface area (Å²) < 4.78 is 0. The first-order valence-electron chi connectivity index (χ1n) is 6.87. The fourth-order valence-electron chi connectivity index (χ4n) is 2.53. The maximum atomic E-state index is 12.0. The largest absolute Gasteiger partial charge is 0.348 e. The molecule has 3 unspecified atom stereocenters. The Hall–Kier alpha value is -0.910. The van der Waals surface area contributed by atoms with Gasteiger partial charge in [-0.25, -0.2) is 0 Å². The summed E-state index contributed by atoms with van der Waals surface area (Å²) in [6.07, 6.45) is 1.10. The molecule has 0 aliphatic carbocycles. The molecule has 3 N–H and O–H groups in total. The van der Waals surface area contributed by atoms with Crippen LogP contribution >= 0.6 is 11.3 Å². The first-order valence-corrected chi connectivity index (χ1v) is 7.75. The summed E-state index contributed by atoms with van der Waals surface area (Å²) in [5, 5.41) is 5.09. The second-order valence-electron chi connectivity index (χ2n) is 5.45. The fraction of sp³-hybridized carbons (Fsp3) is 0.643. The van der Waals surface area contributed by atoms with Gasteiger partial charge in [0.1, 0.15) is 0 Å². The molecule has 0 bridgehead atoms. The summed E-state index contributed by atoms with van der Waals surface area (Å²) >= 11 is 1.68. The highest BCUT2D eigenvalue weighted by molar-refractivity contribution is 7.10. The fourth-order valence-corrected chi connectivity index (χ4v) is 3.27. The monoisotopic (exact) mass is 281 g/mol. The lowest BCUT2D eigenvalue weighted by Crippen LogP contribution is -2.38. The Bertz CT molecular complexity index is 405. The number of likely N-dealkylation sites (tertiary alicyclic amines) is 1. The van der Waals surface area contributed by atoms with Crippen molar-refractivity contribution in [2.45, 2.75) is 32.4 Å². The van der Waals surface area contributed by atoms with Gasteiger partial charge >= 0.3 is 0 Å². The number of amides is 1. The van der Waals surface area contributed by atoms with Gasteiger partial charge in [-0.2, -0.15) is 0 Å². The van der Waals surface area contributed by atoms with E-state index in [4.69, 9.17) is 5.73 Å². The zero-order valence-corrected chi connectivity index (χ0v) is 12.5. The van der Waals surface area contributed by atoms with E-state index in [9.17, 15) is 4.79 Å². The molecule has 0 radical (unpaired) electrons. The molecule has 0 spiro atoms. The molecular formula is C14H23N3OS. The Kier molecular flexibility index (Phi) is 4.96. The number of carbonyl (C=O) groups is 1. The van der Waals surface area contributed by atoms with Crippen molar-refractivity contribution in [3.8, 4) is 0 Å². The van der Waals surface area contributed by atoms with Crippen LogP contribution in [0.5, 0.6) is 0 Å². The van der Waals surface area contributed by atoms with Crippen molar-refractivity contribution in [1.29, 1.82) is 0 Å². The van der Waals surface area contributed by atoms with Gasteiger partial charge in [0.15, 0.2) is 0 Å². The van der Waals surface area contributed by atoms with Crippen LogP contribution in [0.15, 0.2) is 17.5 Å². The van der Waals surface area contributed by atoms with Crippen LogP contribution < -0.4 is 11.1 Å². The van der Waals surface area contributed by atoms with E-state index in [1.807, 2.05) is 25.3 Å². The average Bonchev–Trinajstić information content (AvgIpc) is 2.98. The standard InChI is InChI=1S/C14H23N3OS/c1-10(15)12-5-6-17(8-12)9-14(18)16-11(2)13-4-3-7-19-13/h3-4,7,10-12H,5-6,8-9,15H2,1-2H3,(H,16,18). The predicted molar refractivity (Wildman–Crippen MR) is 79.1 cm³/mol. The summed E-state index contributed by atoms with van der Waals surface area (Å²) in [6, 6.07) is 4.38. The molecule has 1 amide bonds. The molecule has 1 aliphatic heterocycles. The van der Waals surface area contributed by atoms with Gasteiger partial charge in [0.05, 0.1) is 12.6 Å². The van der Waals surface area contributed by atoms with Crippen LogP contribution in [0.1, 0.15) is 31.2 Å². The van der Waals surface area contributed by atoms with Gasteiger partial charge in [-0.15, -0.1) is 11.3 Å². The molecular weight excluding hydrogens is 258 g/mol. The van der Waals surface area contributed by atoms with Gasteiger partial charge < -0.3 is 11.1 Å². The number of nitrogens with two attached hydrogens (primary N) is 1. The lowest BCUT2D eigenvalue weighted by atomic mass is 10.0. The molecule has 0 saturated carbocycles. The van der Waals surface area contributed by atoms with Gasteiger partial charge in [-0.1, -0.05) is 6.07 Å². The van der Waals surface area contributed by atoms with E-state index >= 15 is 0 Å². The third-order valence-corrected chi connectivity index (χ3v) is 4.82. The summed E-state index contributed by atoms with van der Waals surface area (Å²) in [5.41, 5.74) is 5.91. The number of carbonyl (C=O) groups excluding carboxylic acids is 1. The molecule has 3 atom stereocenters. The Morgan fingerprint density at radius 3 is 3.00 bits per heavy atom. The normalized spacial score (nSPS) is 23.2. The van der Waals surface area contributed by atoms with Crippen LogP contribution in [-0.4, -0.2) is 36.5 Å². The minimum absolute atomic E-state index is 0.0966. The van der Waals surface area contributed by atoms with E-state index in [0.717, 1.165) is 19.5 Å². The van der Waals surface area contributed by atoms with Crippen molar-refractivity contribution in [3.05, 3.63) is 22.4 Å². The van der Waals surface area contributed by atoms with E-state index in [2.05, 4.69) is 16.3 Å². The molecule has 2 rings (SSSR count). The molecule has 1 aliphatic rings. The first kappa shape index (κ1) is 14.5. The molecule has 4 nitrogen and oxygen atoms in total. The molecule has 2 heterocycles. The zero-order valence-electron chi connectivity index (χ0n) is 11.6. The second-order valence-corrected chi connectivity index (χ2v) is 6.43. The molecule has 0 aromatic carbocycles. The number of nitrogens with one attached hydrogen (secondary N) is 1. The second kappa shape index (κ2) is 6.50. The van der Waals surface area contributed by atoms with E-state index in [1.54, 1.807) is 11.3 Å². The number of nitrogens with zero attached hydrogens (tertiary/aromatic N) is 1. The van der Waals surface area contributed by atoms with Gasteiger partial charge in [-0.3, -0.25) is 9.69 Å². The van der Waals surface area contributed by atoms with E-state index in [1.165, 1.54) is 4.88 Å². The smallest absolute Gasteiger partial charge is 0.234 e. The Balaban J connectivity index is 1.76. The van der Waals surface area contributed by atoms with E-state index in [-0.39, 0.29) is 18.0 Å². The molecule has 19 heavy (non-hydrogen) atoms. The summed E-state index contributed by atoms with van der Waals surface area (Å²) in [7, 11) is 0. The number of rotatable bonds is 5. The van der Waals surface area contributed by atoms with Crippen molar-refractivity contribution in [2.24, 2.45) is 11.7 Å². The molecule has 1 aromatic heterocycles. The number of thiophene rings is 1. The third kappa shape index (κ3) is 4.03. The molecule has 1 saturated heterocycles. The predicted octanol–water partition coefficient (Wildman–Crippen LogP) is 1.59. The SMILES string of the molecule is CC(NC(=O)CN1CCC(C(C)N)C1)c1cccs1. The lowest BCUT2D eigenvalue weighted by molar-refractivity contribution is -0.122. The van der Waals surface area contributed by atoms with Crippen LogP contribution in [0, 0.1) is 5.92 Å². The lowest BCUT2D eigenvalue weighted by Gasteiger charge is -2.19. The first-order chi connectivity index (χ1) is 9.06. The van der Waals surface area contributed by atoms with Crippen molar-refractivity contribution in [3.63, 3.8) is 0 Å². The van der Waals surface area contributed by atoms with Crippen LogP contribution in [0.4, 0.5) is 0 Å². The quantitative estimate of drug-likeness (QED) is 0.862. The Morgan fingerprint density at radius 2 is 2.42 bits per heavy atom. The molecule has 106 valence electrons. The summed E-state index contributed by atoms with van der Waals surface area (Å²) in [4.78, 5) is 15.4. The highest BCUT2D eigenvalue weighted by atomic mass is 32.1.